The summed E-state index contributed by atoms with van der Waals surface area (Å²) in [5.74, 6) is 0.0155. The molecule has 0 spiro atoms. The van der Waals surface area contributed by atoms with Crippen molar-refractivity contribution in [1.82, 2.24) is 14.7 Å². The van der Waals surface area contributed by atoms with E-state index in [0.29, 0.717) is 36.0 Å². The van der Waals surface area contributed by atoms with Crippen molar-refractivity contribution in [1.29, 1.82) is 0 Å². The molecular weight excluding hydrogens is 351 g/mol. The van der Waals surface area contributed by atoms with E-state index in [4.69, 9.17) is 23.2 Å². The lowest BCUT2D eigenvalue weighted by molar-refractivity contribution is -0.130. The van der Waals surface area contributed by atoms with E-state index in [1.54, 1.807) is 34.1 Å². The van der Waals surface area contributed by atoms with E-state index in [9.17, 15) is 9.59 Å². The Hall–Kier alpha value is -2.05. The molecule has 0 aliphatic carbocycles. The van der Waals surface area contributed by atoms with E-state index < -0.39 is 5.56 Å². The van der Waals surface area contributed by atoms with Crippen LogP contribution in [0.4, 0.5) is 5.69 Å². The molecule has 1 aromatic heterocycles. The summed E-state index contributed by atoms with van der Waals surface area (Å²) in [4.78, 5) is 28.1. The maximum atomic E-state index is 12.5. The molecule has 1 aliphatic heterocycles. The van der Waals surface area contributed by atoms with E-state index >= 15 is 0 Å². The van der Waals surface area contributed by atoms with E-state index in [1.165, 1.54) is 10.9 Å². The lowest BCUT2D eigenvalue weighted by atomic mass is 10.2. The standard InChI is InChI=1S/C16H16Cl2N4O2/c1-2-20-7-8-21(10-14(20)23)13-9-19-22(16(24)15(13)18)12-5-3-11(17)4-6-12/h3-6,9H,2,7-8,10H2,1H3. The van der Waals surface area contributed by atoms with Crippen LogP contribution < -0.4 is 10.5 Å². The van der Waals surface area contributed by atoms with Crippen LogP contribution in [0.2, 0.25) is 10.0 Å². The minimum Gasteiger partial charge on any atom is -0.358 e. The van der Waals surface area contributed by atoms with Crippen molar-refractivity contribution in [3.05, 3.63) is 50.9 Å². The highest BCUT2D eigenvalue weighted by Crippen LogP contribution is 2.23. The average Bonchev–Trinajstić information content (AvgIpc) is 2.58. The molecule has 1 fully saturated rings. The molecule has 0 atom stereocenters. The highest BCUT2D eigenvalue weighted by atomic mass is 35.5. The number of hydrogen-bond acceptors (Lipinski definition) is 4. The van der Waals surface area contributed by atoms with Crippen molar-refractivity contribution < 1.29 is 4.79 Å². The highest BCUT2D eigenvalue weighted by Gasteiger charge is 2.25. The van der Waals surface area contributed by atoms with Crippen LogP contribution in [0.5, 0.6) is 0 Å². The third-order valence-electron chi connectivity index (χ3n) is 4.01. The number of carbonyl (C=O) groups excluding carboxylic acids is 1. The molecule has 126 valence electrons. The molecule has 3 rings (SSSR count). The molecule has 1 aliphatic rings. The minimum atomic E-state index is -0.429. The zero-order valence-corrected chi connectivity index (χ0v) is 14.6. The number of nitrogens with zero attached hydrogens (tertiary/aromatic N) is 4. The largest absolute Gasteiger partial charge is 0.358 e. The van der Waals surface area contributed by atoms with Crippen LogP contribution in [0, 0.1) is 0 Å². The summed E-state index contributed by atoms with van der Waals surface area (Å²) >= 11 is 12.1. The number of carbonyl (C=O) groups is 1. The number of likely N-dealkylation sites (N-methyl/N-ethyl adjacent to an activating group) is 1. The quantitative estimate of drug-likeness (QED) is 0.835. The monoisotopic (exact) mass is 366 g/mol. The van der Waals surface area contributed by atoms with Gasteiger partial charge in [-0.15, -0.1) is 0 Å². The molecule has 24 heavy (non-hydrogen) atoms. The molecule has 1 aromatic carbocycles. The molecule has 1 amide bonds. The van der Waals surface area contributed by atoms with Gasteiger partial charge in [0.1, 0.15) is 5.02 Å². The van der Waals surface area contributed by atoms with Gasteiger partial charge in [-0.1, -0.05) is 23.2 Å². The molecule has 0 radical (unpaired) electrons. The molecule has 6 nitrogen and oxygen atoms in total. The lowest BCUT2D eigenvalue weighted by Crippen LogP contribution is -2.50. The molecule has 2 heterocycles. The van der Waals surface area contributed by atoms with Gasteiger partial charge in [-0.3, -0.25) is 9.59 Å². The van der Waals surface area contributed by atoms with Crippen LogP contribution >= 0.6 is 23.2 Å². The predicted octanol–water partition coefficient (Wildman–Crippen LogP) is 2.21. The van der Waals surface area contributed by atoms with Crippen molar-refractivity contribution in [3.8, 4) is 5.69 Å². The van der Waals surface area contributed by atoms with Crippen LogP contribution in [0.25, 0.3) is 5.69 Å². The first kappa shape index (κ1) is 16.8. The highest BCUT2D eigenvalue weighted by molar-refractivity contribution is 6.33. The van der Waals surface area contributed by atoms with Gasteiger partial charge in [-0.05, 0) is 31.2 Å². The predicted molar refractivity (Wildman–Crippen MR) is 94.3 cm³/mol. The molecule has 1 saturated heterocycles. The summed E-state index contributed by atoms with van der Waals surface area (Å²) in [5.41, 5.74) is 0.627. The number of piperazine rings is 1. The number of amides is 1. The van der Waals surface area contributed by atoms with Crippen molar-refractivity contribution in [2.45, 2.75) is 6.92 Å². The summed E-state index contributed by atoms with van der Waals surface area (Å²) in [6, 6.07) is 6.73. The maximum Gasteiger partial charge on any atom is 0.292 e. The van der Waals surface area contributed by atoms with Gasteiger partial charge in [0.25, 0.3) is 5.56 Å². The van der Waals surface area contributed by atoms with Crippen LogP contribution in [-0.4, -0.2) is 46.8 Å². The van der Waals surface area contributed by atoms with Gasteiger partial charge >= 0.3 is 0 Å². The fraction of sp³-hybridized carbons (Fsp3) is 0.312. The molecule has 2 aromatic rings. The summed E-state index contributed by atoms with van der Waals surface area (Å²) in [5, 5.41) is 4.81. The Kier molecular flexibility index (Phi) is 4.78. The Morgan fingerprint density at radius 2 is 1.83 bits per heavy atom. The zero-order chi connectivity index (χ0) is 17.3. The molecule has 0 N–H and O–H groups in total. The third kappa shape index (κ3) is 3.12. The third-order valence-corrected chi connectivity index (χ3v) is 4.62. The number of anilines is 1. The number of hydrogen-bond donors (Lipinski definition) is 0. The number of aromatic nitrogens is 2. The first-order valence-electron chi connectivity index (χ1n) is 7.57. The smallest absolute Gasteiger partial charge is 0.292 e. The Morgan fingerprint density at radius 3 is 2.46 bits per heavy atom. The molecular formula is C16H16Cl2N4O2. The van der Waals surface area contributed by atoms with Gasteiger partial charge in [-0.25, -0.2) is 0 Å². The Morgan fingerprint density at radius 1 is 1.12 bits per heavy atom. The van der Waals surface area contributed by atoms with Gasteiger partial charge in [0, 0.05) is 24.7 Å². The second-order valence-corrected chi connectivity index (χ2v) is 6.25. The summed E-state index contributed by atoms with van der Waals surface area (Å²) in [6.07, 6.45) is 1.52. The Labute approximate surface area is 149 Å². The summed E-state index contributed by atoms with van der Waals surface area (Å²) < 4.78 is 1.21. The van der Waals surface area contributed by atoms with Gasteiger partial charge in [0.2, 0.25) is 5.91 Å². The second kappa shape index (κ2) is 6.83. The molecule has 0 unspecified atom stereocenters. The van der Waals surface area contributed by atoms with Crippen molar-refractivity contribution >= 4 is 34.8 Å². The van der Waals surface area contributed by atoms with Crippen LogP contribution in [0.3, 0.4) is 0 Å². The van der Waals surface area contributed by atoms with Gasteiger partial charge in [0.15, 0.2) is 0 Å². The SMILES string of the molecule is CCN1CCN(c2cnn(-c3ccc(Cl)cc3)c(=O)c2Cl)CC1=O. The second-order valence-electron chi connectivity index (χ2n) is 5.43. The zero-order valence-electron chi connectivity index (χ0n) is 13.1. The fourth-order valence-corrected chi connectivity index (χ4v) is 3.03. The maximum absolute atomic E-state index is 12.5. The number of rotatable bonds is 3. The Bertz CT molecular complexity index is 820. The van der Waals surface area contributed by atoms with E-state index in [-0.39, 0.29) is 17.5 Å². The first-order valence-corrected chi connectivity index (χ1v) is 8.33. The topological polar surface area (TPSA) is 58.4 Å². The van der Waals surface area contributed by atoms with Gasteiger partial charge in [-0.2, -0.15) is 9.78 Å². The van der Waals surface area contributed by atoms with Crippen molar-refractivity contribution in [3.63, 3.8) is 0 Å². The number of benzene rings is 1. The summed E-state index contributed by atoms with van der Waals surface area (Å²) in [6.45, 7) is 4.03. The lowest BCUT2D eigenvalue weighted by Gasteiger charge is -2.35. The first-order chi connectivity index (χ1) is 11.5. The van der Waals surface area contributed by atoms with E-state index in [1.807, 2.05) is 6.92 Å². The summed E-state index contributed by atoms with van der Waals surface area (Å²) in [7, 11) is 0. The minimum absolute atomic E-state index is 0.0155. The normalized spacial score (nSPS) is 15.0. The van der Waals surface area contributed by atoms with Crippen LogP contribution in [0.1, 0.15) is 6.92 Å². The van der Waals surface area contributed by atoms with Gasteiger partial charge < -0.3 is 9.80 Å². The van der Waals surface area contributed by atoms with Crippen LogP contribution in [0.15, 0.2) is 35.3 Å². The van der Waals surface area contributed by atoms with Crippen molar-refractivity contribution in [2.24, 2.45) is 0 Å². The number of halogens is 2. The molecule has 0 bridgehead atoms. The van der Waals surface area contributed by atoms with Crippen LogP contribution in [-0.2, 0) is 4.79 Å². The van der Waals surface area contributed by atoms with E-state index in [2.05, 4.69) is 5.10 Å². The van der Waals surface area contributed by atoms with E-state index in [0.717, 1.165) is 0 Å². The average molecular weight is 367 g/mol. The molecule has 8 heteroatoms. The fourth-order valence-electron chi connectivity index (χ4n) is 2.66. The van der Waals surface area contributed by atoms with Gasteiger partial charge in [0.05, 0.1) is 24.1 Å². The van der Waals surface area contributed by atoms with Crippen molar-refractivity contribution in [2.75, 3.05) is 31.1 Å². The Balaban J connectivity index is 1.92. The molecule has 0 saturated carbocycles.